The van der Waals surface area contributed by atoms with Gasteiger partial charge in [-0.2, -0.15) is 0 Å². The van der Waals surface area contributed by atoms with E-state index in [4.69, 9.17) is 0 Å². The smallest absolute Gasteiger partial charge is 0.0359 e. The normalized spacial score (nSPS) is 17.8. The summed E-state index contributed by atoms with van der Waals surface area (Å²) in [6.45, 7) is 5.35. The molecular formula is C13H18BrN. The summed E-state index contributed by atoms with van der Waals surface area (Å²) in [5.74, 6) is 0.851. The fourth-order valence-electron chi connectivity index (χ4n) is 2.06. The highest BCUT2D eigenvalue weighted by molar-refractivity contribution is 9.10. The number of rotatable bonds is 4. The summed E-state index contributed by atoms with van der Waals surface area (Å²) in [5.41, 5.74) is 2.74. The van der Waals surface area contributed by atoms with E-state index in [1.54, 1.807) is 0 Å². The number of hydrogen-bond acceptors (Lipinski definition) is 1. The van der Waals surface area contributed by atoms with Gasteiger partial charge in [0.15, 0.2) is 0 Å². The lowest BCUT2D eigenvalue weighted by molar-refractivity contribution is 0.494. The Morgan fingerprint density at radius 2 is 2.20 bits per heavy atom. The Balaban J connectivity index is 2.24. The van der Waals surface area contributed by atoms with Gasteiger partial charge in [-0.05, 0) is 49.4 Å². The molecule has 0 spiro atoms. The standard InChI is InChI=1S/C13H18BrN/c1-3-15-13(10-5-6-10)11-7-4-9(2)8-12(11)14/h4,7-8,10,13,15H,3,5-6H2,1-2H3. The van der Waals surface area contributed by atoms with Crippen molar-refractivity contribution in [2.75, 3.05) is 6.54 Å². The monoisotopic (exact) mass is 267 g/mol. The van der Waals surface area contributed by atoms with Gasteiger partial charge in [-0.3, -0.25) is 0 Å². The molecule has 0 saturated heterocycles. The summed E-state index contributed by atoms with van der Waals surface area (Å²) in [5, 5.41) is 3.59. The van der Waals surface area contributed by atoms with Crippen molar-refractivity contribution in [3.05, 3.63) is 33.8 Å². The number of benzene rings is 1. The van der Waals surface area contributed by atoms with Crippen molar-refractivity contribution in [3.63, 3.8) is 0 Å². The van der Waals surface area contributed by atoms with Gasteiger partial charge in [-0.25, -0.2) is 0 Å². The van der Waals surface area contributed by atoms with Crippen LogP contribution in [0, 0.1) is 12.8 Å². The number of halogens is 1. The van der Waals surface area contributed by atoms with Crippen molar-refractivity contribution in [1.29, 1.82) is 0 Å². The van der Waals surface area contributed by atoms with Crippen molar-refractivity contribution in [1.82, 2.24) is 5.32 Å². The van der Waals surface area contributed by atoms with Crippen LogP contribution in [0.25, 0.3) is 0 Å². The van der Waals surface area contributed by atoms with Crippen LogP contribution in [0.1, 0.15) is 36.9 Å². The van der Waals surface area contributed by atoms with Crippen LogP contribution in [0.2, 0.25) is 0 Å². The third kappa shape index (κ3) is 2.61. The summed E-state index contributed by atoms with van der Waals surface area (Å²) in [6.07, 6.45) is 2.75. The molecule has 0 bridgehead atoms. The highest BCUT2D eigenvalue weighted by atomic mass is 79.9. The number of aryl methyl sites for hydroxylation is 1. The highest BCUT2D eigenvalue weighted by Gasteiger charge is 2.32. The lowest BCUT2D eigenvalue weighted by atomic mass is 10.0. The first-order chi connectivity index (χ1) is 7.22. The molecule has 0 aliphatic heterocycles. The van der Waals surface area contributed by atoms with Crippen LogP contribution in [-0.2, 0) is 0 Å². The van der Waals surface area contributed by atoms with Gasteiger partial charge in [0.05, 0.1) is 0 Å². The lowest BCUT2D eigenvalue weighted by Gasteiger charge is -2.19. The van der Waals surface area contributed by atoms with Crippen LogP contribution in [0.3, 0.4) is 0 Å². The first kappa shape index (κ1) is 11.2. The van der Waals surface area contributed by atoms with Crippen molar-refractivity contribution in [3.8, 4) is 0 Å². The molecule has 1 aliphatic rings. The molecule has 1 N–H and O–H groups in total. The topological polar surface area (TPSA) is 12.0 Å². The van der Waals surface area contributed by atoms with Gasteiger partial charge in [-0.15, -0.1) is 0 Å². The SMILES string of the molecule is CCNC(c1ccc(C)cc1Br)C1CC1. The Bertz CT molecular complexity index is 344. The Labute approximate surface area is 100 Å². The molecule has 1 fully saturated rings. The Hall–Kier alpha value is -0.340. The molecule has 15 heavy (non-hydrogen) atoms. The molecule has 1 aromatic carbocycles. The second kappa shape index (κ2) is 4.67. The Kier molecular flexibility index (Phi) is 3.47. The molecule has 0 heterocycles. The molecule has 1 nitrogen and oxygen atoms in total. The predicted molar refractivity (Wildman–Crippen MR) is 68.0 cm³/mol. The van der Waals surface area contributed by atoms with Gasteiger partial charge in [-0.1, -0.05) is 35.0 Å². The molecular weight excluding hydrogens is 250 g/mol. The summed E-state index contributed by atoms with van der Waals surface area (Å²) in [7, 11) is 0. The third-order valence-corrected chi connectivity index (χ3v) is 3.70. The summed E-state index contributed by atoms with van der Waals surface area (Å²) in [4.78, 5) is 0. The lowest BCUT2D eigenvalue weighted by Crippen LogP contribution is -2.22. The zero-order valence-electron chi connectivity index (χ0n) is 9.39. The molecule has 0 radical (unpaired) electrons. The second-order valence-corrected chi connectivity index (χ2v) is 5.25. The van der Waals surface area contributed by atoms with Crippen LogP contribution in [-0.4, -0.2) is 6.54 Å². The van der Waals surface area contributed by atoms with Crippen molar-refractivity contribution >= 4 is 15.9 Å². The van der Waals surface area contributed by atoms with E-state index < -0.39 is 0 Å². The van der Waals surface area contributed by atoms with E-state index in [1.165, 1.54) is 28.4 Å². The van der Waals surface area contributed by atoms with E-state index in [0.29, 0.717) is 6.04 Å². The van der Waals surface area contributed by atoms with Gasteiger partial charge in [0.25, 0.3) is 0 Å². The van der Waals surface area contributed by atoms with E-state index in [0.717, 1.165) is 12.5 Å². The van der Waals surface area contributed by atoms with Crippen LogP contribution in [0.4, 0.5) is 0 Å². The van der Waals surface area contributed by atoms with E-state index in [-0.39, 0.29) is 0 Å². The second-order valence-electron chi connectivity index (χ2n) is 4.40. The summed E-state index contributed by atoms with van der Waals surface area (Å²) >= 11 is 3.67. The molecule has 1 unspecified atom stereocenters. The molecule has 1 aliphatic carbocycles. The van der Waals surface area contributed by atoms with Crippen molar-refractivity contribution < 1.29 is 0 Å². The largest absolute Gasteiger partial charge is 0.310 e. The van der Waals surface area contributed by atoms with Gasteiger partial charge >= 0.3 is 0 Å². The van der Waals surface area contributed by atoms with Crippen molar-refractivity contribution in [2.45, 2.75) is 32.7 Å². The maximum Gasteiger partial charge on any atom is 0.0359 e. The maximum atomic E-state index is 3.67. The van der Waals surface area contributed by atoms with Crippen LogP contribution in [0.15, 0.2) is 22.7 Å². The van der Waals surface area contributed by atoms with E-state index in [9.17, 15) is 0 Å². The first-order valence-electron chi connectivity index (χ1n) is 5.71. The minimum atomic E-state index is 0.546. The minimum Gasteiger partial charge on any atom is -0.310 e. The Morgan fingerprint density at radius 3 is 2.73 bits per heavy atom. The Morgan fingerprint density at radius 1 is 1.47 bits per heavy atom. The van der Waals surface area contributed by atoms with Crippen LogP contribution in [0.5, 0.6) is 0 Å². The fraction of sp³-hybridized carbons (Fsp3) is 0.538. The van der Waals surface area contributed by atoms with Crippen LogP contribution >= 0.6 is 15.9 Å². The maximum absolute atomic E-state index is 3.67. The molecule has 0 amide bonds. The molecule has 1 aromatic rings. The number of nitrogens with one attached hydrogen (secondary N) is 1. The molecule has 2 heteroatoms. The number of hydrogen-bond donors (Lipinski definition) is 1. The van der Waals surface area contributed by atoms with E-state index in [2.05, 4.69) is 53.3 Å². The first-order valence-corrected chi connectivity index (χ1v) is 6.51. The summed E-state index contributed by atoms with van der Waals surface area (Å²) in [6, 6.07) is 7.21. The zero-order chi connectivity index (χ0) is 10.8. The fourth-order valence-corrected chi connectivity index (χ4v) is 2.80. The quantitative estimate of drug-likeness (QED) is 0.875. The highest BCUT2D eigenvalue weighted by Crippen LogP contribution is 2.42. The average Bonchev–Trinajstić information content (AvgIpc) is 2.98. The average molecular weight is 268 g/mol. The van der Waals surface area contributed by atoms with Crippen LogP contribution < -0.4 is 5.32 Å². The van der Waals surface area contributed by atoms with Gasteiger partial charge < -0.3 is 5.32 Å². The predicted octanol–water partition coefficient (Wildman–Crippen LogP) is 3.82. The minimum absolute atomic E-state index is 0.546. The zero-order valence-corrected chi connectivity index (χ0v) is 11.0. The molecule has 1 saturated carbocycles. The van der Waals surface area contributed by atoms with Crippen molar-refractivity contribution in [2.24, 2.45) is 5.92 Å². The molecule has 2 rings (SSSR count). The molecule has 0 aromatic heterocycles. The third-order valence-electron chi connectivity index (χ3n) is 3.01. The van der Waals surface area contributed by atoms with E-state index in [1.807, 2.05) is 0 Å². The van der Waals surface area contributed by atoms with Gasteiger partial charge in [0, 0.05) is 10.5 Å². The summed E-state index contributed by atoms with van der Waals surface area (Å²) < 4.78 is 1.25. The van der Waals surface area contributed by atoms with Gasteiger partial charge in [0.2, 0.25) is 0 Å². The van der Waals surface area contributed by atoms with E-state index >= 15 is 0 Å². The molecule has 1 atom stereocenters. The van der Waals surface area contributed by atoms with Gasteiger partial charge in [0.1, 0.15) is 0 Å². The molecule has 82 valence electrons.